The number of amides is 1. The first-order chi connectivity index (χ1) is 10.3. The molecule has 3 atom stereocenters. The van der Waals surface area contributed by atoms with E-state index < -0.39 is 0 Å². The topological polar surface area (TPSA) is 51.7 Å². The Kier molecular flexibility index (Phi) is 4.31. The Labute approximate surface area is 124 Å². The van der Waals surface area contributed by atoms with Crippen LogP contribution in [0.1, 0.15) is 23.2 Å². The molecule has 3 unspecified atom stereocenters. The smallest absolute Gasteiger partial charge is 0.254 e. The van der Waals surface area contributed by atoms with Gasteiger partial charge in [-0.1, -0.05) is 6.08 Å². The molecule has 1 aromatic rings. The van der Waals surface area contributed by atoms with Gasteiger partial charge in [-0.25, -0.2) is 0 Å². The van der Waals surface area contributed by atoms with Crippen molar-refractivity contribution in [2.45, 2.75) is 31.1 Å². The fraction of sp³-hybridized carbons (Fsp3) is 0.500. The van der Waals surface area contributed by atoms with Crippen LogP contribution in [0.25, 0.3) is 0 Å². The largest absolute Gasteiger partial charge is 0.374 e. The van der Waals surface area contributed by atoms with Crippen molar-refractivity contribution in [2.24, 2.45) is 0 Å². The summed E-state index contributed by atoms with van der Waals surface area (Å²) in [5.74, 6) is 0.0285. The van der Waals surface area contributed by atoms with Gasteiger partial charge in [0.1, 0.15) is 6.10 Å². The van der Waals surface area contributed by atoms with Crippen LogP contribution in [0, 0.1) is 0 Å². The Morgan fingerprint density at radius 2 is 2.29 bits per heavy atom. The number of aromatic nitrogens is 1. The summed E-state index contributed by atoms with van der Waals surface area (Å²) >= 11 is 0. The van der Waals surface area contributed by atoms with Gasteiger partial charge in [-0.3, -0.25) is 9.78 Å². The molecule has 1 saturated heterocycles. The summed E-state index contributed by atoms with van der Waals surface area (Å²) in [4.78, 5) is 18.6. The molecular formula is C16H20N2O3. The number of carbonyl (C=O) groups is 1. The quantitative estimate of drug-likeness (QED) is 0.791. The lowest BCUT2D eigenvalue weighted by Gasteiger charge is -2.31. The Morgan fingerprint density at radius 3 is 3.05 bits per heavy atom. The summed E-state index contributed by atoms with van der Waals surface area (Å²) in [6, 6.07) is 3.58. The van der Waals surface area contributed by atoms with Gasteiger partial charge in [0.2, 0.25) is 0 Å². The van der Waals surface area contributed by atoms with E-state index in [0.717, 1.165) is 12.8 Å². The predicted octanol–water partition coefficient (Wildman–Crippen LogP) is 1.66. The summed E-state index contributed by atoms with van der Waals surface area (Å²) in [6.07, 6.45) is 6.91. The Bertz CT molecular complexity index is 506. The number of hydrogen-bond donors (Lipinski definition) is 0. The Hall–Kier alpha value is -1.72. The van der Waals surface area contributed by atoms with Crippen molar-refractivity contribution in [3.8, 4) is 0 Å². The first kappa shape index (κ1) is 14.2. The molecular weight excluding hydrogens is 268 g/mol. The van der Waals surface area contributed by atoms with E-state index in [4.69, 9.17) is 9.47 Å². The van der Waals surface area contributed by atoms with Crippen molar-refractivity contribution in [1.82, 2.24) is 9.88 Å². The molecule has 1 amide bonds. The van der Waals surface area contributed by atoms with Crippen LogP contribution < -0.4 is 0 Å². The van der Waals surface area contributed by atoms with Gasteiger partial charge in [0.15, 0.2) is 0 Å². The van der Waals surface area contributed by atoms with E-state index in [0.29, 0.717) is 25.3 Å². The zero-order valence-electron chi connectivity index (χ0n) is 12.0. The molecule has 1 aliphatic carbocycles. The molecule has 2 aliphatic rings. The number of rotatable bonds is 4. The number of nitrogens with zero attached hydrogens (tertiary/aromatic N) is 2. The molecule has 0 aromatic carbocycles. The molecule has 2 heterocycles. The molecule has 5 nitrogen and oxygen atoms in total. The van der Waals surface area contributed by atoms with Crippen LogP contribution in [0.5, 0.6) is 0 Å². The molecule has 0 spiro atoms. The van der Waals surface area contributed by atoms with Crippen molar-refractivity contribution >= 4 is 5.91 Å². The lowest BCUT2D eigenvalue weighted by Crippen LogP contribution is -2.46. The average Bonchev–Trinajstić information content (AvgIpc) is 2.81. The van der Waals surface area contributed by atoms with Crippen molar-refractivity contribution < 1.29 is 14.3 Å². The molecule has 1 saturated carbocycles. The molecule has 2 fully saturated rings. The summed E-state index contributed by atoms with van der Waals surface area (Å²) in [7, 11) is 0. The van der Waals surface area contributed by atoms with Gasteiger partial charge in [-0.05, 0) is 25.0 Å². The first-order valence-corrected chi connectivity index (χ1v) is 7.36. The number of ether oxygens (including phenoxy) is 2. The highest BCUT2D eigenvalue weighted by atomic mass is 16.5. The van der Waals surface area contributed by atoms with Crippen molar-refractivity contribution in [1.29, 1.82) is 0 Å². The van der Waals surface area contributed by atoms with Gasteiger partial charge in [0, 0.05) is 24.5 Å². The van der Waals surface area contributed by atoms with E-state index in [9.17, 15) is 4.79 Å². The maximum absolute atomic E-state index is 12.7. The Balaban J connectivity index is 1.81. The van der Waals surface area contributed by atoms with Crippen LogP contribution in [-0.4, -0.2) is 53.8 Å². The maximum atomic E-state index is 12.7. The third-order valence-corrected chi connectivity index (χ3v) is 4.15. The van der Waals surface area contributed by atoms with Crippen molar-refractivity contribution in [3.63, 3.8) is 0 Å². The minimum atomic E-state index is -0.0590. The van der Waals surface area contributed by atoms with Gasteiger partial charge in [-0.2, -0.15) is 0 Å². The zero-order chi connectivity index (χ0) is 14.7. The van der Waals surface area contributed by atoms with Gasteiger partial charge in [-0.15, -0.1) is 6.58 Å². The number of pyridine rings is 1. The summed E-state index contributed by atoms with van der Waals surface area (Å²) < 4.78 is 11.7. The molecule has 1 aliphatic heterocycles. The molecule has 21 heavy (non-hydrogen) atoms. The third kappa shape index (κ3) is 2.84. The second kappa shape index (κ2) is 6.37. The van der Waals surface area contributed by atoms with Crippen LogP contribution >= 0.6 is 0 Å². The minimum Gasteiger partial charge on any atom is -0.374 e. The van der Waals surface area contributed by atoms with Crippen molar-refractivity contribution in [2.75, 3.05) is 19.8 Å². The monoisotopic (exact) mass is 288 g/mol. The van der Waals surface area contributed by atoms with E-state index in [1.165, 1.54) is 0 Å². The Morgan fingerprint density at radius 1 is 1.48 bits per heavy atom. The van der Waals surface area contributed by atoms with Crippen LogP contribution in [-0.2, 0) is 9.47 Å². The van der Waals surface area contributed by atoms with Gasteiger partial charge < -0.3 is 14.4 Å². The summed E-state index contributed by atoms with van der Waals surface area (Å²) in [6.45, 7) is 5.34. The molecule has 3 rings (SSSR count). The van der Waals surface area contributed by atoms with E-state index in [-0.39, 0.29) is 24.2 Å². The molecule has 5 heteroatoms. The lowest BCUT2D eigenvalue weighted by molar-refractivity contribution is -0.0434. The van der Waals surface area contributed by atoms with Crippen LogP contribution in [0.3, 0.4) is 0 Å². The highest BCUT2D eigenvalue weighted by Crippen LogP contribution is 2.32. The third-order valence-electron chi connectivity index (χ3n) is 4.15. The SMILES string of the molecule is C=CCOC1C2CCC1N(C(=O)c1ccncc1)CCO2. The summed E-state index contributed by atoms with van der Waals surface area (Å²) in [5, 5.41) is 0. The highest BCUT2D eigenvalue weighted by molar-refractivity contribution is 5.94. The molecule has 112 valence electrons. The number of hydrogen-bond acceptors (Lipinski definition) is 4. The predicted molar refractivity (Wildman–Crippen MR) is 78.0 cm³/mol. The normalized spacial score (nSPS) is 28.2. The second-order valence-electron chi connectivity index (χ2n) is 5.38. The van der Waals surface area contributed by atoms with Gasteiger partial charge >= 0.3 is 0 Å². The standard InChI is InChI=1S/C16H20N2O3/c1-2-10-21-15-13-3-4-14(15)20-11-9-18(13)16(19)12-5-7-17-8-6-12/h2,5-8,13-15H,1,3-4,9-11H2. The molecule has 2 bridgehead atoms. The van der Waals surface area contributed by atoms with Crippen molar-refractivity contribution in [3.05, 3.63) is 42.7 Å². The van der Waals surface area contributed by atoms with E-state index in [1.807, 2.05) is 4.90 Å². The average molecular weight is 288 g/mol. The summed E-state index contributed by atoms with van der Waals surface area (Å²) in [5.41, 5.74) is 0.665. The molecule has 1 aromatic heterocycles. The van der Waals surface area contributed by atoms with Crippen LogP contribution in [0.2, 0.25) is 0 Å². The number of fused-ring (bicyclic) bond motifs is 2. The van der Waals surface area contributed by atoms with Gasteiger partial charge in [0.25, 0.3) is 5.91 Å². The fourth-order valence-electron chi connectivity index (χ4n) is 3.20. The van der Waals surface area contributed by atoms with Crippen LogP contribution in [0.4, 0.5) is 0 Å². The maximum Gasteiger partial charge on any atom is 0.254 e. The zero-order valence-corrected chi connectivity index (χ0v) is 12.0. The van der Waals surface area contributed by atoms with E-state index in [1.54, 1.807) is 30.6 Å². The second-order valence-corrected chi connectivity index (χ2v) is 5.38. The number of carbonyl (C=O) groups excluding carboxylic acids is 1. The molecule has 0 N–H and O–H groups in total. The van der Waals surface area contributed by atoms with Gasteiger partial charge in [0.05, 0.1) is 25.4 Å². The highest BCUT2D eigenvalue weighted by Gasteiger charge is 2.44. The van der Waals surface area contributed by atoms with E-state index >= 15 is 0 Å². The van der Waals surface area contributed by atoms with Crippen LogP contribution in [0.15, 0.2) is 37.2 Å². The lowest BCUT2D eigenvalue weighted by atomic mass is 10.1. The first-order valence-electron chi connectivity index (χ1n) is 7.36. The van der Waals surface area contributed by atoms with E-state index in [2.05, 4.69) is 11.6 Å². The molecule has 0 radical (unpaired) electrons. The fourth-order valence-corrected chi connectivity index (χ4v) is 3.20. The minimum absolute atomic E-state index is 0.0285.